The molecule has 13 heteroatoms. The van der Waals surface area contributed by atoms with Crippen molar-refractivity contribution in [3.63, 3.8) is 0 Å². The summed E-state index contributed by atoms with van der Waals surface area (Å²) in [7, 11) is -4.22. The van der Waals surface area contributed by atoms with Crippen LogP contribution < -0.4 is 14.8 Å². The molecule has 2 N–H and O–H groups in total. The fourth-order valence-corrected chi connectivity index (χ4v) is 3.86. The molecule has 0 aliphatic heterocycles. The lowest BCUT2D eigenvalue weighted by molar-refractivity contribution is -0.138. The van der Waals surface area contributed by atoms with Crippen molar-refractivity contribution in [1.29, 1.82) is 0 Å². The van der Waals surface area contributed by atoms with Crippen LogP contribution in [0.2, 0.25) is 0 Å². The van der Waals surface area contributed by atoms with Crippen molar-refractivity contribution >= 4 is 27.3 Å². The highest BCUT2D eigenvalue weighted by Crippen LogP contribution is 2.32. The van der Waals surface area contributed by atoms with Crippen molar-refractivity contribution in [2.24, 2.45) is 0 Å². The van der Waals surface area contributed by atoms with Gasteiger partial charge in [0, 0.05) is 11.4 Å². The SMILES string of the molecule is O=C(COc1ccc(S(=O)(=O)Nc2cccc(C(F)(F)F)c2)cc1)Nc1cccc(C(F)(F)F)c1. The van der Waals surface area contributed by atoms with E-state index < -0.39 is 46.0 Å². The monoisotopic (exact) mass is 518 g/mol. The molecular formula is C22H16F6N2O4S. The van der Waals surface area contributed by atoms with Gasteiger partial charge in [0.25, 0.3) is 15.9 Å². The quantitative estimate of drug-likeness (QED) is 0.402. The fraction of sp³-hybridized carbons (Fsp3) is 0.136. The van der Waals surface area contributed by atoms with E-state index in [1.807, 2.05) is 4.72 Å². The summed E-state index contributed by atoms with van der Waals surface area (Å²) in [5.41, 5.74) is -2.33. The Balaban J connectivity index is 1.60. The third-order valence-corrected chi connectivity index (χ3v) is 5.82. The molecule has 0 fully saturated rings. The molecule has 3 aromatic rings. The maximum Gasteiger partial charge on any atom is 0.416 e. The molecule has 6 nitrogen and oxygen atoms in total. The Morgan fingerprint density at radius 3 is 1.83 bits per heavy atom. The first-order valence-corrected chi connectivity index (χ1v) is 11.1. The molecule has 0 aromatic heterocycles. The van der Waals surface area contributed by atoms with E-state index in [0.29, 0.717) is 6.07 Å². The number of amides is 1. The van der Waals surface area contributed by atoms with Gasteiger partial charge in [0.05, 0.1) is 16.0 Å². The topological polar surface area (TPSA) is 84.5 Å². The molecule has 0 aliphatic rings. The Kier molecular flexibility index (Phi) is 7.29. The van der Waals surface area contributed by atoms with Crippen molar-refractivity contribution in [2.75, 3.05) is 16.6 Å². The first-order valence-electron chi connectivity index (χ1n) is 9.64. The minimum Gasteiger partial charge on any atom is -0.484 e. The van der Waals surface area contributed by atoms with Gasteiger partial charge in [-0.25, -0.2) is 8.42 Å². The molecule has 0 atom stereocenters. The van der Waals surface area contributed by atoms with Crippen LogP contribution in [0.4, 0.5) is 37.7 Å². The largest absolute Gasteiger partial charge is 0.484 e. The Morgan fingerprint density at radius 2 is 1.29 bits per heavy atom. The molecule has 0 unspecified atom stereocenters. The summed E-state index contributed by atoms with van der Waals surface area (Å²) in [6.07, 6.45) is -9.22. The molecule has 0 spiro atoms. The molecule has 0 radical (unpaired) electrons. The Morgan fingerprint density at radius 1 is 0.771 bits per heavy atom. The number of alkyl halides is 6. The van der Waals surface area contributed by atoms with Crippen LogP contribution in [0.1, 0.15) is 11.1 Å². The normalized spacial score (nSPS) is 12.2. The van der Waals surface area contributed by atoms with E-state index in [9.17, 15) is 39.6 Å². The molecule has 3 rings (SSSR count). The number of ether oxygens (including phenoxy) is 1. The number of carbonyl (C=O) groups excluding carboxylic acids is 1. The standard InChI is InChI=1S/C22H16F6N2O4S/c23-21(24,25)14-3-1-5-16(11-14)29-20(31)13-34-18-7-9-19(10-8-18)35(32,33)30-17-6-2-4-15(12-17)22(26,27)28/h1-12,30H,13H2,(H,29,31). The van der Waals surface area contributed by atoms with Crippen LogP contribution in [-0.2, 0) is 27.2 Å². The highest BCUT2D eigenvalue weighted by atomic mass is 32.2. The number of hydrogen-bond acceptors (Lipinski definition) is 4. The minimum absolute atomic E-state index is 0.0715. The molecule has 0 aliphatic carbocycles. The van der Waals surface area contributed by atoms with Crippen LogP contribution >= 0.6 is 0 Å². The molecule has 0 heterocycles. The maximum atomic E-state index is 12.8. The van der Waals surface area contributed by atoms with Crippen LogP contribution in [0.15, 0.2) is 77.7 Å². The zero-order valence-corrected chi connectivity index (χ0v) is 18.3. The van der Waals surface area contributed by atoms with Gasteiger partial charge >= 0.3 is 12.4 Å². The maximum absolute atomic E-state index is 12.8. The van der Waals surface area contributed by atoms with Gasteiger partial charge in [-0.05, 0) is 60.7 Å². The number of anilines is 2. The van der Waals surface area contributed by atoms with Gasteiger partial charge in [-0.15, -0.1) is 0 Å². The summed E-state index contributed by atoms with van der Waals surface area (Å²) >= 11 is 0. The second kappa shape index (κ2) is 9.86. The van der Waals surface area contributed by atoms with Crippen LogP contribution in [0, 0.1) is 0 Å². The van der Waals surface area contributed by atoms with Crippen LogP contribution in [-0.4, -0.2) is 20.9 Å². The lowest BCUT2D eigenvalue weighted by Gasteiger charge is -2.12. The zero-order chi connectivity index (χ0) is 25.9. The fourth-order valence-electron chi connectivity index (χ4n) is 2.81. The molecule has 186 valence electrons. The van der Waals surface area contributed by atoms with Crippen molar-refractivity contribution in [1.82, 2.24) is 0 Å². The summed E-state index contributed by atoms with van der Waals surface area (Å²) in [5.74, 6) is -0.686. The average molecular weight is 518 g/mol. The lowest BCUT2D eigenvalue weighted by atomic mass is 10.2. The van der Waals surface area contributed by atoms with Crippen molar-refractivity contribution < 1.29 is 44.3 Å². The Bertz CT molecular complexity index is 1310. The van der Waals surface area contributed by atoms with E-state index >= 15 is 0 Å². The smallest absolute Gasteiger partial charge is 0.416 e. The van der Waals surface area contributed by atoms with E-state index in [1.165, 1.54) is 18.2 Å². The van der Waals surface area contributed by atoms with E-state index in [1.54, 1.807) is 0 Å². The minimum atomic E-state index is -4.64. The van der Waals surface area contributed by atoms with Crippen molar-refractivity contribution in [3.05, 3.63) is 83.9 Å². The number of hydrogen-bond donors (Lipinski definition) is 2. The molecule has 1 amide bonds. The molecule has 35 heavy (non-hydrogen) atoms. The molecular weight excluding hydrogens is 502 g/mol. The number of nitrogens with one attached hydrogen (secondary N) is 2. The third-order valence-electron chi connectivity index (χ3n) is 4.42. The number of carbonyl (C=O) groups is 1. The van der Waals surface area contributed by atoms with Gasteiger partial charge in [0.1, 0.15) is 5.75 Å². The van der Waals surface area contributed by atoms with Gasteiger partial charge in [-0.1, -0.05) is 12.1 Å². The number of benzene rings is 3. The number of halogens is 6. The predicted molar refractivity (Wildman–Crippen MR) is 114 cm³/mol. The summed E-state index contributed by atoms with van der Waals surface area (Å²) < 4.78 is 109. The second-order valence-corrected chi connectivity index (χ2v) is 8.75. The highest BCUT2D eigenvalue weighted by molar-refractivity contribution is 7.92. The van der Waals surface area contributed by atoms with Gasteiger partial charge in [-0.3, -0.25) is 9.52 Å². The van der Waals surface area contributed by atoms with Gasteiger partial charge in [0.2, 0.25) is 0 Å². The number of sulfonamides is 1. The summed E-state index contributed by atoms with van der Waals surface area (Å²) in [5, 5.41) is 2.25. The lowest BCUT2D eigenvalue weighted by Crippen LogP contribution is -2.20. The van der Waals surface area contributed by atoms with Gasteiger partial charge < -0.3 is 10.1 Å². The van der Waals surface area contributed by atoms with Gasteiger partial charge in [0.15, 0.2) is 6.61 Å². The average Bonchev–Trinajstić information content (AvgIpc) is 2.77. The predicted octanol–water partition coefficient (Wildman–Crippen LogP) is 5.54. The molecule has 3 aromatic carbocycles. The summed E-state index contributed by atoms with van der Waals surface area (Å²) in [6.45, 7) is -0.579. The van der Waals surface area contributed by atoms with E-state index in [4.69, 9.17) is 4.74 Å². The first-order chi connectivity index (χ1) is 16.2. The van der Waals surface area contributed by atoms with Crippen molar-refractivity contribution in [2.45, 2.75) is 17.2 Å². The second-order valence-electron chi connectivity index (χ2n) is 7.07. The molecule has 0 saturated carbocycles. The first kappa shape index (κ1) is 25.9. The summed E-state index contributed by atoms with van der Waals surface area (Å²) in [4.78, 5) is 11.7. The Labute approximate surface area is 195 Å². The summed E-state index contributed by atoms with van der Waals surface area (Å²) in [6, 6.07) is 12.3. The Hall–Kier alpha value is -3.74. The van der Waals surface area contributed by atoms with Crippen LogP contribution in [0.25, 0.3) is 0 Å². The van der Waals surface area contributed by atoms with E-state index in [0.717, 1.165) is 48.5 Å². The third kappa shape index (κ3) is 7.12. The van der Waals surface area contributed by atoms with Crippen molar-refractivity contribution in [3.8, 4) is 5.75 Å². The van der Waals surface area contributed by atoms with Crippen LogP contribution in [0.3, 0.4) is 0 Å². The molecule has 0 saturated heterocycles. The molecule has 0 bridgehead atoms. The zero-order valence-electron chi connectivity index (χ0n) is 17.4. The van der Waals surface area contributed by atoms with E-state index in [2.05, 4.69) is 5.32 Å². The van der Waals surface area contributed by atoms with Crippen LogP contribution in [0.5, 0.6) is 5.75 Å². The number of rotatable bonds is 7. The van der Waals surface area contributed by atoms with E-state index in [-0.39, 0.29) is 22.0 Å². The highest BCUT2D eigenvalue weighted by Gasteiger charge is 2.31. The van der Waals surface area contributed by atoms with Gasteiger partial charge in [-0.2, -0.15) is 26.3 Å².